The van der Waals surface area contributed by atoms with Gasteiger partial charge in [-0.3, -0.25) is 4.55 Å². The molecule has 7 heteroatoms. The molecule has 1 N–H and O–H groups in total. The lowest BCUT2D eigenvalue weighted by Gasteiger charge is -2.01. The van der Waals surface area contributed by atoms with E-state index in [0.29, 0.717) is 13.0 Å². The molecule has 0 atom stereocenters. The minimum absolute atomic E-state index is 0.228. The van der Waals surface area contributed by atoms with E-state index in [9.17, 15) is 8.42 Å². The molecule has 0 saturated heterocycles. The summed E-state index contributed by atoms with van der Waals surface area (Å²) >= 11 is 3.45. The van der Waals surface area contributed by atoms with Crippen LogP contribution in [0.2, 0.25) is 0 Å². The van der Waals surface area contributed by atoms with Crippen molar-refractivity contribution in [1.29, 1.82) is 0 Å². The van der Waals surface area contributed by atoms with E-state index in [0.717, 1.165) is 27.7 Å². The first kappa shape index (κ1) is 19.4. The van der Waals surface area contributed by atoms with E-state index >= 15 is 0 Å². The summed E-state index contributed by atoms with van der Waals surface area (Å²) in [5.74, 6) is -0.228. The molecule has 4 nitrogen and oxygen atoms in total. The Kier molecular flexibility index (Phi) is 6.02. The van der Waals surface area contributed by atoms with E-state index in [1.54, 1.807) is 23.1 Å². The second-order valence-corrected chi connectivity index (χ2v) is 9.60. The van der Waals surface area contributed by atoms with Gasteiger partial charge >= 0.3 is 0 Å². The van der Waals surface area contributed by atoms with Crippen molar-refractivity contribution in [3.8, 4) is 0 Å². The van der Waals surface area contributed by atoms with E-state index in [1.165, 1.54) is 9.61 Å². The maximum absolute atomic E-state index is 11.1. The van der Waals surface area contributed by atoms with Gasteiger partial charge in [0.1, 0.15) is 4.70 Å². The summed E-state index contributed by atoms with van der Waals surface area (Å²) in [5.41, 5.74) is 1.13. The monoisotopic (exact) mass is 408 g/mol. The number of nitrogens with zero attached hydrogens (tertiary/aromatic N) is 1. The second kappa shape index (κ2) is 8.08. The molecule has 0 bridgehead atoms. The van der Waals surface area contributed by atoms with Crippen LogP contribution >= 0.6 is 23.1 Å². The topological polar surface area (TPSA) is 58.2 Å². The van der Waals surface area contributed by atoms with E-state index < -0.39 is 10.1 Å². The van der Waals surface area contributed by atoms with E-state index in [1.807, 2.05) is 12.1 Å². The molecule has 1 aromatic heterocycles. The quantitative estimate of drug-likeness (QED) is 0.453. The number of benzene rings is 2. The molecule has 2 aromatic carbocycles. The predicted octanol–water partition coefficient (Wildman–Crippen LogP) is 4.73. The molecule has 0 saturated carbocycles. The van der Waals surface area contributed by atoms with Gasteiger partial charge in [-0.15, -0.1) is 11.8 Å². The van der Waals surface area contributed by atoms with Crippen molar-refractivity contribution in [1.82, 2.24) is 0 Å². The van der Waals surface area contributed by atoms with Crippen molar-refractivity contribution < 1.29 is 17.5 Å². The molecule has 0 aliphatic carbocycles. The molecule has 0 fully saturated rings. The van der Waals surface area contributed by atoms with Crippen LogP contribution in [0.4, 0.5) is 0 Å². The van der Waals surface area contributed by atoms with Crippen LogP contribution in [0.25, 0.3) is 27.1 Å². The normalized spacial score (nSPS) is 13.0. The lowest BCUT2D eigenvalue weighted by molar-refractivity contribution is -0.667. The Morgan fingerprint density at radius 3 is 2.73 bits per heavy atom. The Hall–Kier alpha value is -1.41. The van der Waals surface area contributed by atoms with Crippen LogP contribution in [-0.4, -0.2) is 25.0 Å². The summed E-state index contributed by atoms with van der Waals surface area (Å²) in [6, 6.07) is 12.5. The van der Waals surface area contributed by atoms with Crippen LogP contribution in [0, 0.1) is 0 Å². The lowest BCUT2D eigenvalue weighted by atomic mass is 10.1. The molecule has 0 amide bonds. The van der Waals surface area contributed by atoms with Crippen LogP contribution in [0.3, 0.4) is 0 Å². The molecule has 3 rings (SSSR count). The Morgan fingerprint density at radius 1 is 1.27 bits per heavy atom. The number of aryl methyl sites for hydroxylation is 1. The third-order valence-electron chi connectivity index (χ3n) is 4.29. The Labute approximate surface area is 162 Å². The van der Waals surface area contributed by atoms with Gasteiger partial charge in [0.25, 0.3) is 15.1 Å². The average molecular weight is 409 g/mol. The number of allylic oxidation sites excluding steroid dienone is 1. The van der Waals surface area contributed by atoms with Crippen molar-refractivity contribution >= 4 is 60.3 Å². The van der Waals surface area contributed by atoms with Crippen molar-refractivity contribution in [2.24, 2.45) is 0 Å². The standard InChI is InChI=1S/C19H21NO3S3/c1-3-15(24-2)13-18-20(11-6-12-26(21,22)23)19-16-8-5-4-7-14(16)9-10-17(19)25-18/h4-5,7-10,13H,3,6,11-12H2,1-2H3/p+1/b15-13+. The maximum atomic E-state index is 11.1. The molecule has 138 valence electrons. The molecule has 0 radical (unpaired) electrons. The summed E-state index contributed by atoms with van der Waals surface area (Å²) < 4.78 is 34.7. The summed E-state index contributed by atoms with van der Waals surface area (Å²) in [6.45, 7) is 2.68. The summed E-state index contributed by atoms with van der Waals surface area (Å²) in [5, 5.41) is 3.44. The first-order valence-corrected chi connectivity index (χ1v) is 12.1. The predicted molar refractivity (Wildman–Crippen MR) is 112 cm³/mol. The number of rotatable bonds is 7. The number of thiazole rings is 1. The highest BCUT2D eigenvalue weighted by molar-refractivity contribution is 8.02. The van der Waals surface area contributed by atoms with E-state index in [4.69, 9.17) is 4.55 Å². The SMILES string of the molecule is CC/C(=C\c1sc2ccc3ccccc3c2[n+]1CCCS(=O)(=O)O)SC. The number of aromatic nitrogens is 1. The van der Waals surface area contributed by atoms with Gasteiger partial charge in [-0.1, -0.05) is 42.5 Å². The Morgan fingerprint density at radius 2 is 2.04 bits per heavy atom. The van der Waals surface area contributed by atoms with E-state index in [2.05, 4.69) is 48.1 Å². The Balaban J connectivity index is 2.17. The zero-order valence-electron chi connectivity index (χ0n) is 14.8. The van der Waals surface area contributed by atoms with Crippen LogP contribution in [-0.2, 0) is 16.7 Å². The minimum atomic E-state index is -3.95. The first-order chi connectivity index (χ1) is 12.4. The van der Waals surface area contributed by atoms with Crippen molar-refractivity contribution in [2.45, 2.75) is 26.3 Å². The van der Waals surface area contributed by atoms with Crippen LogP contribution in [0.15, 0.2) is 41.3 Å². The molecule has 0 unspecified atom stereocenters. The average Bonchev–Trinajstić information content (AvgIpc) is 2.96. The molecule has 3 aromatic rings. The van der Waals surface area contributed by atoms with Crippen molar-refractivity contribution in [3.63, 3.8) is 0 Å². The summed E-state index contributed by atoms with van der Waals surface area (Å²) in [4.78, 5) is 1.28. The van der Waals surface area contributed by atoms with Crippen LogP contribution < -0.4 is 4.57 Å². The van der Waals surface area contributed by atoms with Gasteiger partial charge in [0.2, 0.25) is 5.52 Å². The zero-order valence-corrected chi connectivity index (χ0v) is 17.3. The second-order valence-electron chi connectivity index (χ2n) is 6.03. The van der Waals surface area contributed by atoms with Crippen LogP contribution in [0.5, 0.6) is 0 Å². The number of hydrogen-bond acceptors (Lipinski definition) is 4. The third kappa shape index (κ3) is 4.28. The highest BCUT2D eigenvalue weighted by Crippen LogP contribution is 2.30. The van der Waals surface area contributed by atoms with Gasteiger partial charge in [-0.05, 0) is 35.1 Å². The minimum Gasteiger partial charge on any atom is -0.286 e. The van der Waals surface area contributed by atoms with Gasteiger partial charge in [0, 0.05) is 12.5 Å². The van der Waals surface area contributed by atoms with Gasteiger partial charge in [-0.2, -0.15) is 13.0 Å². The van der Waals surface area contributed by atoms with Gasteiger partial charge in [-0.25, -0.2) is 0 Å². The smallest absolute Gasteiger partial charge is 0.265 e. The third-order valence-corrected chi connectivity index (χ3v) is 7.13. The number of thioether (sulfide) groups is 1. The molecular formula is C19H22NO3S3+. The van der Waals surface area contributed by atoms with Gasteiger partial charge in [0.15, 0.2) is 6.54 Å². The largest absolute Gasteiger partial charge is 0.286 e. The van der Waals surface area contributed by atoms with Gasteiger partial charge < -0.3 is 0 Å². The van der Waals surface area contributed by atoms with E-state index in [-0.39, 0.29) is 5.75 Å². The highest BCUT2D eigenvalue weighted by atomic mass is 32.2. The van der Waals surface area contributed by atoms with Crippen molar-refractivity contribution in [3.05, 3.63) is 46.3 Å². The first-order valence-electron chi connectivity index (χ1n) is 8.46. The number of fused-ring (bicyclic) bond motifs is 3. The van der Waals surface area contributed by atoms with Crippen LogP contribution in [0.1, 0.15) is 24.8 Å². The Bertz CT molecular complexity index is 1060. The fourth-order valence-corrected chi connectivity index (χ4v) is 5.31. The molecule has 0 spiro atoms. The highest BCUT2D eigenvalue weighted by Gasteiger charge is 2.22. The van der Waals surface area contributed by atoms with Crippen molar-refractivity contribution in [2.75, 3.05) is 12.0 Å². The molecule has 0 aliphatic rings. The molecular weight excluding hydrogens is 386 g/mol. The summed E-state index contributed by atoms with van der Waals surface area (Å²) in [6.07, 6.45) is 5.60. The molecule has 1 heterocycles. The molecule has 0 aliphatic heterocycles. The zero-order chi connectivity index (χ0) is 18.7. The fourth-order valence-electron chi connectivity index (χ4n) is 3.05. The van der Waals surface area contributed by atoms with Gasteiger partial charge in [0.05, 0.1) is 11.1 Å². The fraction of sp³-hybridized carbons (Fsp3) is 0.316. The summed E-state index contributed by atoms with van der Waals surface area (Å²) in [7, 11) is -3.95. The number of hydrogen-bond donors (Lipinski definition) is 1. The molecule has 26 heavy (non-hydrogen) atoms. The maximum Gasteiger partial charge on any atom is 0.265 e. The lowest BCUT2D eigenvalue weighted by Crippen LogP contribution is -2.36.